The Bertz CT molecular complexity index is 652. The van der Waals surface area contributed by atoms with Gasteiger partial charge in [-0.3, -0.25) is 4.79 Å². The van der Waals surface area contributed by atoms with Crippen molar-refractivity contribution in [1.82, 2.24) is 0 Å². The molecule has 0 fully saturated rings. The molecule has 0 aliphatic carbocycles. The summed E-state index contributed by atoms with van der Waals surface area (Å²) < 4.78 is 5.72. The van der Waals surface area contributed by atoms with Gasteiger partial charge >= 0.3 is 0 Å². The molecule has 4 heteroatoms. The molecule has 2 aromatic carbocycles. The van der Waals surface area contributed by atoms with Crippen LogP contribution < -0.4 is 10.1 Å². The third-order valence-electron chi connectivity index (χ3n) is 3.13. The molecule has 0 spiro atoms. The molecule has 1 atom stereocenters. The lowest BCUT2D eigenvalue weighted by atomic mass is 10.1. The first-order valence-corrected chi connectivity index (χ1v) is 6.79. The molecule has 0 aliphatic heterocycles. The maximum Gasteiger partial charge on any atom is 0.265 e. The molecular weight excluding hydrogens is 266 g/mol. The van der Waals surface area contributed by atoms with Crippen molar-refractivity contribution in [2.45, 2.75) is 26.9 Å². The van der Waals surface area contributed by atoms with Gasteiger partial charge in [-0.05, 0) is 50.1 Å². The van der Waals surface area contributed by atoms with Crippen molar-refractivity contribution in [3.8, 4) is 11.5 Å². The highest BCUT2D eigenvalue weighted by Crippen LogP contribution is 2.21. The van der Waals surface area contributed by atoms with Crippen LogP contribution >= 0.6 is 0 Å². The zero-order valence-corrected chi connectivity index (χ0v) is 12.4. The van der Waals surface area contributed by atoms with Gasteiger partial charge in [-0.2, -0.15) is 0 Å². The average molecular weight is 285 g/mol. The van der Waals surface area contributed by atoms with Crippen LogP contribution in [0.4, 0.5) is 5.69 Å². The highest BCUT2D eigenvalue weighted by Gasteiger charge is 2.16. The van der Waals surface area contributed by atoms with E-state index < -0.39 is 6.10 Å². The van der Waals surface area contributed by atoms with Crippen LogP contribution in [-0.4, -0.2) is 17.1 Å². The Morgan fingerprint density at radius 1 is 1.19 bits per heavy atom. The van der Waals surface area contributed by atoms with E-state index in [9.17, 15) is 9.90 Å². The van der Waals surface area contributed by atoms with E-state index in [4.69, 9.17) is 4.74 Å². The molecule has 0 aromatic heterocycles. The second-order valence-electron chi connectivity index (χ2n) is 5.07. The first-order chi connectivity index (χ1) is 9.95. The van der Waals surface area contributed by atoms with Gasteiger partial charge in [-0.1, -0.05) is 18.2 Å². The fourth-order valence-electron chi connectivity index (χ4n) is 1.91. The number of phenols is 1. The Morgan fingerprint density at radius 2 is 1.95 bits per heavy atom. The van der Waals surface area contributed by atoms with E-state index in [0.717, 1.165) is 11.1 Å². The van der Waals surface area contributed by atoms with Crippen LogP contribution in [0.25, 0.3) is 0 Å². The second-order valence-corrected chi connectivity index (χ2v) is 5.07. The maximum absolute atomic E-state index is 12.1. The SMILES string of the molecule is Cc1ccc(C)c(OC(C)C(=O)Nc2cccc(O)c2)c1. The van der Waals surface area contributed by atoms with Crippen LogP contribution in [0.3, 0.4) is 0 Å². The lowest BCUT2D eigenvalue weighted by molar-refractivity contribution is -0.122. The summed E-state index contributed by atoms with van der Waals surface area (Å²) in [6.45, 7) is 5.61. The molecule has 2 N–H and O–H groups in total. The average Bonchev–Trinajstić information content (AvgIpc) is 2.43. The second kappa shape index (κ2) is 6.31. The van der Waals surface area contributed by atoms with E-state index in [1.54, 1.807) is 25.1 Å². The van der Waals surface area contributed by atoms with E-state index in [2.05, 4.69) is 5.32 Å². The van der Waals surface area contributed by atoms with Crippen LogP contribution in [-0.2, 0) is 4.79 Å². The molecule has 0 saturated heterocycles. The highest BCUT2D eigenvalue weighted by molar-refractivity contribution is 5.94. The first kappa shape index (κ1) is 14.9. The third-order valence-corrected chi connectivity index (χ3v) is 3.13. The van der Waals surface area contributed by atoms with Crippen molar-refractivity contribution in [2.24, 2.45) is 0 Å². The standard InChI is InChI=1S/C17H19NO3/c1-11-7-8-12(2)16(9-11)21-13(3)17(20)18-14-5-4-6-15(19)10-14/h4-10,13,19H,1-3H3,(H,18,20). The number of anilines is 1. The van der Waals surface area contributed by atoms with E-state index in [0.29, 0.717) is 11.4 Å². The van der Waals surface area contributed by atoms with Crippen LogP contribution in [0.5, 0.6) is 11.5 Å². The number of ether oxygens (including phenoxy) is 1. The lowest BCUT2D eigenvalue weighted by Gasteiger charge is -2.16. The molecule has 110 valence electrons. The minimum Gasteiger partial charge on any atom is -0.508 e. The van der Waals surface area contributed by atoms with Crippen molar-refractivity contribution < 1.29 is 14.6 Å². The summed E-state index contributed by atoms with van der Waals surface area (Å²) >= 11 is 0. The molecule has 2 aromatic rings. The molecule has 0 radical (unpaired) electrons. The normalized spacial score (nSPS) is 11.8. The minimum absolute atomic E-state index is 0.107. The van der Waals surface area contributed by atoms with Gasteiger partial charge in [-0.25, -0.2) is 0 Å². The van der Waals surface area contributed by atoms with E-state index in [1.807, 2.05) is 32.0 Å². The Morgan fingerprint density at radius 3 is 2.67 bits per heavy atom. The lowest BCUT2D eigenvalue weighted by Crippen LogP contribution is -2.30. The maximum atomic E-state index is 12.1. The molecule has 0 bridgehead atoms. The number of nitrogens with one attached hydrogen (secondary N) is 1. The number of carbonyl (C=O) groups is 1. The Labute approximate surface area is 124 Å². The van der Waals surface area contributed by atoms with Crippen molar-refractivity contribution in [3.05, 3.63) is 53.6 Å². The predicted octanol–water partition coefficient (Wildman–Crippen LogP) is 3.42. The fraction of sp³-hybridized carbons (Fsp3) is 0.235. The van der Waals surface area contributed by atoms with Crippen LogP contribution in [0.1, 0.15) is 18.1 Å². The molecule has 4 nitrogen and oxygen atoms in total. The van der Waals surface area contributed by atoms with Crippen molar-refractivity contribution >= 4 is 11.6 Å². The van der Waals surface area contributed by atoms with Gasteiger partial charge in [0.25, 0.3) is 5.91 Å². The number of aryl methyl sites for hydroxylation is 2. The Hall–Kier alpha value is -2.49. The van der Waals surface area contributed by atoms with Gasteiger partial charge in [-0.15, -0.1) is 0 Å². The number of rotatable bonds is 4. The molecule has 21 heavy (non-hydrogen) atoms. The molecule has 0 heterocycles. The van der Waals surface area contributed by atoms with E-state index >= 15 is 0 Å². The number of aromatic hydroxyl groups is 1. The number of carbonyl (C=O) groups excluding carboxylic acids is 1. The predicted molar refractivity (Wildman–Crippen MR) is 82.7 cm³/mol. The summed E-state index contributed by atoms with van der Waals surface area (Å²) in [4.78, 5) is 12.1. The van der Waals surface area contributed by atoms with Gasteiger partial charge in [0.05, 0.1) is 0 Å². The zero-order chi connectivity index (χ0) is 15.4. The first-order valence-electron chi connectivity index (χ1n) is 6.79. The number of hydrogen-bond acceptors (Lipinski definition) is 3. The molecule has 2 rings (SSSR count). The van der Waals surface area contributed by atoms with Gasteiger partial charge in [0.15, 0.2) is 6.10 Å². The Balaban J connectivity index is 2.04. The van der Waals surface area contributed by atoms with Crippen molar-refractivity contribution in [3.63, 3.8) is 0 Å². The quantitative estimate of drug-likeness (QED) is 0.905. The van der Waals surface area contributed by atoms with Gasteiger partial charge < -0.3 is 15.2 Å². The molecular formula is C17H19NO3. The summed E-state index contributed by atoms with van der Waals surface area (Å²) in [7, 11) is 0. The number of benzene rings is 2. The summed E-state index contributed by atoms with van der Waals surface area (Å²) in [5, 5.41) is 12.1. The summed E-state index contributed by atoms with van der Waals surface area (Å²) in [6.07, 6.45) is -0.632. The zero-order valence-electron chi connectivity index (χ0n) is 12.4. The van der Waals surface area contributed by atoms with Crippen molar-refractivity contribution in [1.29, 1.82) is 0 Å². The molecule has 0 saturated carbocycles. The van der Waals surface area contributed by atoms with Crippen LogP contribution in [0.15, 0.2) is 42.5 Å². The highest BCUT2D eigenvalue weighted by atomic mass is 16.5. The van der Waals surface area contributed by atoms with Crippen LogP contribution in [0, 0.1) is 13.8 Å². The smallest absolute Gasteiger partial charge is 0.265 e. The molecule has 0 aliphatic rings. The minimum atomic E-state index is -0.632. The Kier molecular flexibility index (Phi) is 4.48. The van der Waals surface area contributed by atoms with Gasteiger partial charge in [0.2, 0.25) is 0 Å². The van der Waals surface area contributed by atoms with Crippen molar-refractivity contribution in [2.75, 3.05) is 5.32 Å². The van der Waals surface area contributed by atoms with Crippen LogP contribution in [0.2, 0.25) is 0 Å². The summed E-state index contributed by atoms with van der Waals surface area (Å²) in [6, 6.07) is 12.3. The fourth-order valence-corrected chi connectivity index (χ4v) is 1.91. The van der Waals surface area contributed by atoms with E-state index in [-0.39, 0.29) is 11.7 Å². The molecule has 1 unspecified atom stereocenters. The summed E-state index contributed by atoms with van der Waals surface area (Å²) in [5.41, 5.74) is 2.60. The number of hydrogen-bond donors (Lipinski definition) is 2. The molecule has 1 amide bonds. The number of phenolic OH excluding ortho intramolecular Hbond substituents is 1. The summed E-state index contributed by atoms with van der Waals surface area (Å²) in [5.74, 6) is 0.547. The number of amides is 1. The van der Waals surface area contributed by atoms with Gasteiger partial charge in [0, 0.05) is 11.8 Å². The van der Waals surface area contributed by atoms with E-state index in [1.165, 1.54) is 6.07 Å². The largest absolute Gasteiger partial charge is 0.508 e. The van der Waals surface area contributed by atoms with Gasteiger partial charge in [0.1, 0.15) is 11.5 Å². The monoisotopic (exact) mass is 285 g/mol. The third kappa shape index (κ3) is 3.99. The topological polar surface area (TPSA) is 58.6 Å².